The molecule has 0 bridgehead atoms. The normalized spacial score (nSPS) is 16.8. The number of carbonyl (C=O) groups excluding carboxylic acids is 1. The number of likely N-dealkylation sites (N-methyl/N-ethyl adjacent to an activating group) is 1. The van der Waals surface area contributed by atoms with Crippen molar-refractivity contribution in [2.24, 2.45) is 0 Å². The molecule has 1 aliphatic rings. The van der Waals surface area contributed by atoms with E-state index in [2.05, 4.69) is 0 Å². The minimum Gasteiger partial charge on any atom is -0.491 e. The molecular weight excluding hydrogens is 346 g/mol. The van der Waals surface area contributed by atoms with Gasteiger partial charge in [0.1, 0.15) is 31.2 Å². The predicted molar refractivity (Wildman–Crippen MR) is 102 cm³/mol. The Kier molecular flexibility index (Phi) is 6.32. The van der Waals surface area contributed by atoms with Crippen molar-refractivity contribution in [1.29, 1.82) is 0 Å². The Morgan fingerprint density at radius 1 is 1.22 bits per heavy atom. The van der Waals surface area contributed by atoms with Crippen LogP contribution in [0, 0.1) is 0 Å². The highest BCUT2D eigenvalue weighted by molar-refractivity contribution is 5.94. The summed E-state index contributed by atoms with van der Waals surface area (Å²) in [7, 11) is 1.93. The molecular formula is C21H25NO5. The standard InChI is InChI=1S/C21H25NO5/c1-15(23)16-7-9-18(10-8-16)25-13-17(24)11-22(2)12-19-14-26-20-5-3-4-6-21(20)27-19/h3-10,17,19,24H,11-14H2,1-2H3. The summed E-state index contributed by atoms with van der Waals surface area (Å²) in [6.45, 7) is 3.27. The Morgan fingerprint density at radius 2 is 1.93 bits per heavy atom. The number of aliphatic hydroxyl groups excluding tert-OH is 1. The van der Waals surface area contributed by atoms with Crippen molar-refractivity contribution in [3.05, 3.63) is 54.1 Å². The lowest BCUT2D eigenvalue weighted by Gasteiger charge is -2.30. The number of hydrogen-bond donors (Lipinski definition) is 1. The van der Waals surface area contributed by atoms with Crippen molar-refractivity contribution in [3.8, 4) is 17.2 Å². The van der Waals surface area contributed by atoms with E-state index >= 15 is 0 Å². The molecule has 0 fully saturated rings. The van der Waals surface area contributed by atoms with Crippen LogP contribution in [0.5, 0.6) is 17.2 Å². The zero-order chi connectivity index (χ0) is 19.2. The average Bonchev–Trinajstić information content (AvgIpc) is 2.66. The first-order chi connectivity index (χ1) is 13.0. The van der Waals surface area contributed by atoms with E-state index in [1.807, 2.05) is 36.2 Å². The van der Waals surface area contributed by atoms with E-state index in [1.54, 1.807) is 24.3 Å². The number of ketones is 1. The Balaban J connectivity index is 1.41. The largest absolute Gasteiger partial charge is 0.491 e. The van der Waals surface area contributed by atoms with Crippen molar-refractivity contribution in [2.45, 2.75) is 19.1 Å². The minimum absolute atomic E-state index is 0.0137. The topological polar surface area (TPSA) is 68.2 Å². The molecule has 0 spiro atoms. The molecule has 0 aromatic heterocycles. The molecule has 2 unspecified atom stereocenters. The fraction of sp³-hybridized carbons (Fsp3) is 0.381. The third-order valence-corrected chi connectivity index (χ3v) is 4.31. The van der Waals surface area contributed by atoms with Gasteiger partial charge in [0.2, 0.25) is 0 Å². The van der Waals surface area contributed by atoms with E-state index in [0.717, 1.165) is 11.5 Å². The third-order valence-electron chi connectivity index (χ3n) is 4.31. The van der Waals surface area contributed by atoms with Crippen LogP contribution < -0.4 is 14.2 Å². The van der Waals surface area contributed by atoms with E-state index in [9.17, 15) is 9.90 Å². The highest BCUT2D eigenvalue weighted by atomic mass is 16.6. The van der Waals surface area contributed by atoms with Crippen molar-refractivity contribution in [2.75, 3.05) is 33.4 Å². The molecule has 1 heterocycles. The summed E-state index contributed by atoms with van der Waals surface area (Å²) in [5.74, 6) is 2.16. The quantitative estimate of drug-likeness (QED) is 0.719. The molecule has 6 nitrogen and oxygen atoms in total. The fourth-order valence-corrected chi connectivity index (χ4v) is 2.97. The Labute approximate surface area is 159 Å². The van der Waals surface area contributed by atoms with Gasteiger partial charge >= 0.3 is 0 Å². The zero-order valence-corrected chi connectivity index (χ0v) is 15.6. The van der Waals surface area contributed by atoms with Crippen LogP contribution in [-0.4, -0.2) is 61.3 Å². The maximum absolute atomic E-state index is 11.3. The minimum atomic E-state index is -0.640. The van der Waals surface area contributed by atoms with Crippen LogP contribution in [-0.2, 0) is 0 Å². The maximum atomic E-state index is 11.3. The van der Waals surface area contributed by atoms with Crippen LogP contribution in [0.3, 0.4) is 0 Å². The monoisotopic (exact) mass is 371 g/mol. The summed E-state index contributed by atoms with van der Waals surface area (Å²) in [4.78, 5) is 13.3. The SMILES string of the molecule is CC(=O)c1ccc(OCC(O)CN(C)CC2COc3ccccc3O2)cc1. The van der Waals surface area contributed by atoms with Gasteiger partial charge in [0, 0.05) is 18.7 Å². The van der Waals surface area contributed by atoms with Gasteiger partial charge < -0.3 is 19.3 Å². The van der Waals surface area contributed by atoms with E-state index in [-0.39, 0.29) is 18.5 Å². The summed E-state index contributed by atoms with van der Waals surface area (Å²) in [5, 5.41) is 10.2. The van der Waals surface area contributed by atoms with Gasteiger partial charge in [-0.3, -0.25) is 9.69 Å². The van der Waals surface area contributed by atoms with Gasteiger partial charge in [-0.05, 0) is 50.4 Å². The predicted octanol–water partition coefficient (Wildman–Crippen LogP) is 2.40. The van der Waals surface area contributed by atoms with Crippen LogP contribution in [0.4, 0.5) is 0 Å². The number of Topliss-reactive ketones (excluding diaryl/α,β-unsaturated/α-hetero) is 1. The van der Waals surface area contributed by atoms with Crippen LogP contribution in [0.1, 0.15) is 17.3 Å². The molecule has 144 valence electrons. The lowest BCUT2D eigenvalue weighted by molar-refractivity contribution is 0.0374. The summed E-state index contributed by atoms with van der Waals surface area (Å²) in [6.07, 6.45) is -0.726. The van der Waals surface area contributed by atoms with E-state index < -0.39 is 6.10 Å². The van der Waals surface area contributed by atoms with Gasteiger partial charge in [0.05, 0.1) is 0 Å². The molecule has 0 saturated heterocycles. The number of nitrogens with zero attached hydrogens (tertiary/aromatic N) is 1. The lowest BCUT2D eigenvalue weighted by atomic mass is 10.1. The van der Waals surface area contributed by atoms with Gasteiger partial charge in [0.15, 0.2) is 17.3 Å². The first kappa shape index (κ1) is 19.2. The molecule has 6 heteroatoms. The van der Waals surface area contributed by atoms with Crippen molar-refractivity contribution in [1.82, 2.24) is 4.90 Å². The summed E-state index contributed by atoms with van der Waals surface area (Å²) in [6, 6.07) is 14.5. The van der Waals surface area contributed by atoms with Crippen molar-refractivity contribution < 1.29 is 24.1 Å². The van der Waals surface area contributed by atoms with Crippen LogP contribution >= 0.6 is 0 Å². The molecule has 27 heavy (non-hydrogen) atoms. The second-order valence-corrected chi connectivity index (χ2v) is 6.76. The van der Waals surface area contributed by atoms with Crippen molar-refractivity contribution in [3.63, 3.8) is 0 Å². The van der Waals surface area contributed by atoms with Gasteiger partial charge in [-0.1, -0.05) is 12.1 Å². The van der Waals surface area contributed by atoms with Gasteiger partial charge in [0.25, 0.3) is 0 Å². The second-order valence-electron chi connectivity index (χ2n) is 6.76. The van der Waals surface area contributed by atoms with Gasteiger partial charge in [-0.25, -0.2) is 0 Å². The van der Waals surface area contributed by atoms with Gasteiger partial charge in [-0.15, -0.1) is 0 Å². The van der Waals surface area contributed by atoms with E-state index in [4.69, 9.17) is 14.2 Å². The smallest absolute Gasteiger partial charge is 0.161 e. The molecule has 0 radical (unpaired) electrons. The van der Waals surface area contributed by atoms with E-state index in [0.29, 0.717) is 31.0 Å². The molecule has 2 aromatic rings. The molecule has 2 atom stereocenters. The Bertz CT molecular complexity index is 761. The highest BCUT2D eigenvalue weighted by Gasteiger charge is 2.22. The first-order valence-corrected chi connectivity index (χ1v) is 9.00. The first-order valence-electron chi connectivity index (χ1n) is 9.00. The number of aliphatic hydroxyl groups is 1. The molecule has 1 aliphatic heterocycles. The van der Waals surface area contributed by atoms with Crippen LogP contribution in [0.2, 0.25) is 0 Å². The Morgan fingerprint density at radius 3 is 2.63 bits per heavy atom. The average molecular weight is 371 g/mol. The van der Waals surface area contributed by atoms with E-state index in [1.165, 1.54) is 6.92 Å². The number of fused-ring (bicyclic) bond motifs is 1. The number of hydrogen-bond acceptors (Lipinski definition) is 6. The fourth-order valence-electron chi connectivity index (χ4n) is 2.97. The highest BCUT2D eigenvalue weighted by Crippen LogP contribution is 2.30. The summed E-state index contributed by atoms with van der Waals surface area (Å²) >= 11 is 0. The molecule has 3 rings (SSSR count). The number of benzene rings is 2. The molecule has 0 saturated carbocycles. The number of carbonyl (C=O) groups is 1. The summed E-state index contributed by atoms with van der Waals surface area (Å²) < 4.78 is 17.2. The summed E-state index contributed by atoms with van der Waals surface area (Å²) in [5.41, 5.74) is 0.638. The zero-order valence-electron chi connectivity index (χ0n) is 15.6. The van der Waals surface area contributed by atoms with Crippen LogP contribution in [0.15, 0.2) is 48.5 Å². The second kappa shape index (κ2) is 8.88. The third kappa shape index (κ3) is 5.45. The Hall–Kier alpha value is -2.57. The lowest BCUT2D eigenvalue weighted by Crippen LogP contribution is -2.42. The van der Waals surface area contributed by atoms with Crippen molar-refractivity contribution >= 4 is 5.78 Å². The molecule has 2 aromatic carbocycles. The molecule has 0 amide bonds. The number of para-hydroxylation sites is 2. The number of ether oxygens (including phenoxy) is 3. The molecule has 0 aliphatic carbocycles. The van der Waals surface area contributed by atoms with Crippen LogP contribution in [0.25, 0.3) is 0 Å². The number of rotatable bonds is 8. The maximum Gasteiger partial charge on any atom is 0.161 e. The molecule has 1 N–H and O–H groups in total. The van der Waals surface area contributed by atoms with Gasteiger partial charge in [-0.2, -0.15) is 0 Å².